The van der Waals surface area contributed by atoms with Gasteiger partial charge < -0.3 is 19.7 Å². The quantitative estimate of drug-likeness (QED) is 0.790. The normalized spacial score (nSPS) is 10.8. The molecule has 6 heteroatoms. The average molecular weight is 334 g/mol. The number of amides is 2. The van der Waals surface area contributed by atoms with E-state index in [2.05, 4.69) is 5.32 Å². The van der Waals surface area contributed by atoms with Gasteiger partial charge in [-0.25, -0.2) is 0 Å². The lowest BCUT2D eigenvalue weighted by Crippen LogP contribution is -2.42. The zero-order chi connectivity index (χ0) is 18.1. The number of allylic oxidation sites excluding steroid dienone is 1. The number of benzene rings is 1. The van der Waals surface area contributed by atoms with E-state index in [1.807, 2.05) is 45.1 Å². The molecule has 0 aliphatic heterocycles. The Hall–Kier alpha value is -2.50. The van der Waals surface area contributed by atoms with Gasteiger partial charge in [-0.3, -0.25) is 9.59 Å². The van der Waals surface area contributed by atoms with Crippen LogP contribution in [-0.4, -0.2) is 50.1 Å². The van der Waals surface area contributed by atoms with Crippen LogP contribution in [0, 0.1) is 0 Å². The van der Waals surface area contributed by atoms with Gasteiger partial charge in [0.15, 0.2) is 18.1 Å². The first-order chi connectivity index (χ1) is 11.4. The molecule has 0 aromatic heterocycles. The van der Waals surface area contributed by atoms with Gasteiger partial charge in [0.2, 0.25) is 5.91 Å². The molecule has 0 unspecified atom stereocenters. The van der Waals surface area contributed by atoms with E-state index in [0.717, 1.165) is 5.56 Å². The van der Waals surface area contributed by atoms with E-state index in [1.54, 1.807) is 20.2 Å². The van der Waals surface area contributed by atoms with Crippen molar-refractivity contribution in [1.82, 2.24) is 10.2 Å². The Morgan fingerprint density at radius 1 is 1.29 bits per heavy atom. The van der Waals surface area contributed by atoms with Crippen molar-refractivity contribution in [2.24, 2.45) is 0 Å². The number of rotatable bonds is 8. The third-order valence-electron chi connectivity index (χ3n) is 3.15. The Labute approximate surface area is 143 Å². The van der Waals surface area contributed by atoms with Crippen LogP contribution in [0.4, 0.5) is 0 Å². The van der Waals surface area contributed by atoms with Gasteiger partial charge in [0.05, 0.1) is 13.7 Å². The number of likely N-dealkylation sites (N-methyl/N-ethyl adjacent to an activating group) is 1. The summed E-state index contributed by atoms with van der Waals surface area (Å²) in [5, 5.41) is 2.74. The standard InChI is InChI=1S/C18H26N2O4/c1-6-7-14-8-9-15(16(10-14)23-5)24-12-18(22)20(4)11-17(21)19-13(2)3/h6-10,13H,11-12H2,1-5H3,(H,19,21). The Bertz CT molecular complexity index is 597. The predicted octanol–water partition coefficient (Wildman–Crippen LogP) is 2.09. The second-order valence-electron chi connectivity index (χ2n) is 5.67. The molecule has 6 nitrogen and oxygen atoms in total. The number of nitrogens with zero attached hydrogens (tertiary/aromatic N) is 1. The lowest BCUT2D eigenvalue weighted by atomic mass is 10.2. The number of carbonyl (C=O) groups is 2. The highest BCUT2D eigenvalue weighted by molar-refractivity contribution is 5.85. The number of methoxy groups -OCH3 is 1. The lowest BCUT2D eigenvalue weighted by Gasteiger charge is -2.18. The largest absolute Gasteiger partial charge is 0.493 e. The lowest BCUT2D eigenvalue weighted by molar-refractivity contribution is -0.136. The first kappa shape index (κ1) is 19.5. The van der Waals surface area contributed by atoms with Crippen LogP contribution in [0.5, 0.6) is 11.5 Å². The predicted molar refractivity (Wildman–Crippen MR) is 94.1 cm³/mol. The van der Waals surface area contributed by atoms with Crippen LogP contribution in [-0.2, 0) is 9.59 Å². The molecule has 0 saturated heterocycles. The Kier molecular flexibility index (Phi) is 7.82. The minimum atomic E-state index is -0.284. The van der Waals surface area contributed by atoms with Gasteiger partial charge in [0.1, 0.15) is 0 Å². The molecule has 0 heterocycles. The minimum Gasteiger partial charge on any atom is -0.493 e. The highest BCUT2D eigenvalue weighted by Gasteiger charge is 2.15. The van der Waals surface area contributed by atoms with Crippen molar-refractivity contribution in [2.45, 2.75) is 26.8 Å². The van der Waals surface area contributed by atoms with E-state index < -0.39 is 0 Å². The zero-order valence-electron chi connectivity index (χ0n) is 15.0. The third-order valence-corrected chi connectivity index (χ3v) is 3.15. The highest BCUT2D eigenvalue weighted by Crippen LogP contribution is 2.28. The molecule has 1 aromatic rings. The first-order valence-corrected chi connectivity index (χ1v) is 7.84. The van der Waals surface area contributed by atoms with Crippen LogP contribution in [0.3, 0.4) is 0 Å². The summed E-state index contributed by atoms with van der Waals surface area (Å²) in [7, 11) is 3.11. The molecule has 0 aliphatic carbocycles. The van der Waals surface area contributed by atoms with Gasteiger partial charge >= 0.3 is 0 Å². The van der Waals surface area contributed by atoms with Crippen LogP contribution in [0.1, 0.15) is 26.3 Å². The van der Waals surface area contributed by atoms with Gasteiger partial charge in [-0.15, -0.1) is 0 Å². The molecule has 0 fully saturated rings. The molecule has 1 rings (SSSR count). The fraction of sp³-hybridized carbons (Fsp3) is 0.444. The molecule has 1 N–H and O–H groups in total. The molecule has 1 aromatic carbocycles. The maximum atomic E-state index is 12.1. The van der Waals surface area contributed by atoms with Gasteiger partial charge in [0, 0.05) is 13.1 Å². The van der Waals surface area contributed by atoms with Crippen molar-refractivity contribution in [1.29, 1.82) is 0 Å². The first-order valence-electron chi connectivity index (χ1n) is 7.84. The van der Waals surface area contributed by atoms with Crippen LogP contribution in [0.2, 0.25) is 0 Å². The van der Waals surface area contributed by atoms with Crippen molar-refractivity contribution in [3.8, 4) is 11.5 Å². The van der Waals surface area contributed by atoms with E-state index >= 15 is 0 Å². The molecule has 0 radical (unpaired) electrons. The number of nitrogens with one attached hydrogen (secondary N) is 1. The molecule has 0 saturated carbocycles. The third kappa shape index (κ3) is 6.32. The maximum absolute atomic E-state index is 12.1. The molecule has 0 atom stereocenters. The van der Waals surface area contributed by atoms with Crippen molar-refractivity contribution < 1.29 is 19.1 Å². The van der Waals surface area contributed by atoms with Crippen molar-refractivity contribution in [3.63, 3.8) is 0 Å². The summed E-state index contributed by atoms with van der Waals surface area (Å²) >= 11 is 0. The average Bonchev–Trinajstić information content (AvgIpc) is 2.52. The van der Waals surface area contributed by atoms with E-state index in [4.69, 9.17) is 9.47 Å². The Balaban J connectivity index is 2.61. The molecule has 2 amide bonds. The molecule has 0 aliphatic rings. The summed E-state index contributed by atoms with van der Waals surface area (Å²) in [6.07, 6.45) is 3.87. The number of carbonyl (C=O) groups excluding carboxylic acids is 2. The van der Waals surface area contributed by atoms with Gasteiger partial charge in [-0.05, 0) is 38.5 Å². The van der Waals surface area contributed by atoms with Crippen molar-refractivity contribution in [3.05, 3.63) is 29.8 Å². The van der Waals surface area contributed by atoms with E-state index in [1.165, 1.54) is 4.90 Å². The second kappa shape index (κ2) is 9.60. The summed E-state index contributed by atoms with van der Waals surface area (Å²) in [6, 6.07) is 5.51. The van der Waals surface area contributed by atoms with E-state index in [-0.39, 0.29) is 31.0 Å². The zero-order valence-corrected chi connectivity index (χ0v) is 15.0. The fourth-order valence-corrected chi connectivity index (χ4v) is 2.02. The number of hydrogen-bond acceptors (Lipinski definition) is 4. The monoisotopic (exact) mass is 334 g/mol. The molecule has 0 bridgehead atoms. The second-order valence-corrected chi connectivity index (χ2v) is 5.67. The Morgan fingerprint density at radius 3 is 2.58 bits per heavy atom. The fourth-order valence-electron chi connectivity index (χ4n) is 2.02. The van der Waals surface area contributed by atoms with Crippen molar-refractivity contribution >= 4 is 17.9 Å². The van der Waals surface area contributed by atoms with Crippen LogP contribution in [0.15, 0.2) is 24.3 Å². The summed E-state index contributed by atoms with van der Waals surface area (Å²) in [5.41, 5.74) is 0.982. The van der Waals surface area contributed by atoms with Gasteiger partial charge in [-0.1, -0.05) is 18.2 Å². The summed E-state index contributed by atoms with van der Waals surface area (Å²) in [5.74, 6) is 0.556. The number of hydrogen-bond donors (Lipinski definition) is 1. The highest BCUT2D eigenvalue weighted by atomic mass is 16.5. The smallest absolute Gasteiger partial charge is 0.260 e. The van der Waals surface area contributed by atoms with E-state index in [0.29, 0.717) is 11.5 Å². The van der Waals surface area contributed by atoms with Crippen molar-refractivity contribution in [2.75, 3.05) is 27.3 Å². The van der Waals surface area contributed by atoms with Crippen LogP contribution in [0.25, 0.3) is 6.08 Å². The number of ether oxygens (including phenoxy) is 2. The maximum Gasteiger partial charge on any atom is 0.260 e. The van der Waals surface area contributed by atoms with E-state index in [9.17, 15) is 9.59 Å². The molecule has 24 heavy (non-hydrogen) atoms. The van der Waals surface area contributed by atoms with Gasteiger partial charge in [0.25, 0.3) is 5.91 Å². The molecular formula is C18H26N2O4. The molecular weight excluding hydrogens is 308 g/mol. The summed E-state index contributed by atoms with van der Waals surface area (Å²) in [4.78, 5) is 25.1. The molecule has 132 valence electrons. The SMILES string of the molecule is CC=Cc1ccc(OCC(=O)N(C)CC(=O)NC(C)C)c(OC)c1. The summed E-state index contributed by atoms with van der Waals surface area (Å²) < 4.78 is 10.8. The van der Waals surface area contributed by atoms with Gasteiger partial charge in [-0.2, -0.15) is 0 Å². The topological polar surface area (TPSA) is 67.9 Å². The van der Waals surface area contributed by atoms with Crippen LogP contribution < -0.4 is 14.8 Å². The summed E-state index contributed by atoms with van der Waals surface area (Å²) in [6.45, 7) is 5.50. The van der Waals surface area contributed by atoms with Crippen LogP contribution >= 0.6 is 0 Å². The molecule has 0 spiro atoms. The minimum absolute atomic E-state index is 0.00224. The Morgan fingerprint density at radius 2 is 2.00 bits per heavy atom.